The zero-order chi connectivity index (χ0) is 24.6. The molecule has 0 radical (unpaired) electrons. The topological polar surface area (TPSA) is 177 Å². The second kappa shape index (κ2) is 16.1. The van der Waals surface area contributed by atoms with Crippen LogP contribution in [0.2, 0.25) is 0 Å². The van der Waals surface area contributed by atoms with Gasteiger partial charge < -0.3 is 32.5 Å². The van der Waals surface area contributed by atoms with E-state index in [0.29, 0.717) is 38.0 Å². The Morgan fingerprint density at radius 3 is 2.30 bits per heavy atom. The van der Waals surface area contributed by atoms with Crippen LogP contribution in [0.15, 0.2) is 30.3 Å². The molecule has 0 aliphatic rings. The highest BCUT2D eigenvalue weighted by molar-refractivity contribution is 7.98. The maximum Gasteiger partial charge on any atom is 0.326 e. The lowest BCUT2D eigenvalue weighted by molar-refractivity contribution is -0.142. The monoisotopic (exact) mass is 481 g/mol. The van der Waals surface area contributed by atoms with E-state index in [0.717, 1.165) is 5.56 Å². The first-order valence-corrected chi connectivity index (χ1v) is 12.3. The molecule has 10 nitrogen and oxygen atoms in total. The largest absolute Gasteiger partial charge is 0.480 e. The van der Waals surface area contributed by atoms with E-state index >= 15 is 0 Å². The number of benzene rings is 1. The number of carbonyl (C=O) groups excluding carboxylic acids is 3. The van der Waals surface area contributed by atoms with Crippen molar-refractivity contribution in [2.75, 3.05) is 25.1 Å². The molecule has 0 aliphatic heterocycles. The fourth-order valence-corrected chi connectivity index (χ4v) is 3.50. The van der Waals surface area contributed by atoms with Crippen molar-refractivity contribution in [3.05, 3.63) is 35.9 Å². The Kier molecular flexibility index (Phi) is 13.8. The predicted octanol–water partition coefficient (Wildman–Crippen LogP) is -0.391. The zero-order valence-corrected chi connectivity index (χ0v) is 19.7. The van der Waals surface area contributed by atoms with Gasteiger partial charge >= 0.3 is 5.97 Å². The van der Waals surface area contributed by atoms with Gasteiger partial charge in [-0.1, -0.05) is 30.3 Å². The van der Waals surface area contributed by atoms with Crippen molar-refractivity contribution in [1.29, 1.82) is 0 Å². The van der Waals surface area contributed by atoms with E-state index in [1.54, 1.807) is 0 Å². The Morgan fingerprint density at radius 2 is 1.70 bits per heavy atom. The minimum absolute atomic E-state index is 0.247. The maximum absolute atomic E-state index is 12.7. The van der Waals surface area contributed by atoms with Gasteiger partial charge in [-0.25, -0.2) is 4.79 Å². The van der Waals surface area contributed by atoms with Crippen molar-refractivity contribution in [3.63, 3.8) is 0 Å². The van der Waals surface area contributed by atoms with Crippen LogP contribution < -0.4 is 27.4 Å². The third-order valence-corrected chi connectivity index (χ3v) is 5.53. The molecule has 0 bridgehead atoms. The molecule has 1 rings (SSSR count). The zero-order valence-electron chi connectivity index (χ0n) is 18.9. The molecule has 0 aliphatic carbocycles. The summed E-state index contributed by atoms with van der Waals surface area (Å²) in [6.07, 6.45) is 3.96. The molecule has 3 amide bonds. The molecule has 1 aromatic rings. The number of unbranched alkanes of at least 4 members (excludes halogenated alkanes) is 1. The Hall–Kier alpha value is -2.63. The standard InChI is InChI=1S/C22H35N5O5S/c1-33-12-10-17(21(30)27-18(22(31)32)9-5-6-11-23)26-19(28)14-25-20(29)16(24)13-15-7-3-2-4-8-15/h2-4,7-8,16-18H,5-6,9-14,23-24H2,1H3,(H,25,29)(H,26,28)(H,27,30)(H,31,32). The molecule has 8 N–H and O–H groups in total. The highest BCUT2D eigenvalue weighted by Gasteiger charge is 2.26. The average Bonchev–Trinajstić information content (AvgIpc) is 2.79. The molecule has 3 atom stereocenters. The molecular weight excluding hydrogens is 446 g/mol. The molecule has 0 fully saturated rings. The first-order chi connectivity index (χ1) is 15.8. The second-order valence-corrected chi connectivity index (χ2v) is 8.59. The van der Waals surface area contributed by atoms with Gasteiger partial charge in [-0.3, -0.25) is 14.4 Å². The van der Waals surface area contributed by atoms with Gasteiger partial charge in [0, 0.05) is 0 Å². The molecule has 0 heterocycles. The van der Waals surface area contributed by atoms with E-state index in [9.17, 15) is 24.3 Å². The van der Waals surface area contributed by atoms with Crippen molar-refractivity contribution in [2.24, 2.45) is 11.5 Å². The van der Waals surface area contributed by atoms with Crippen molar-refractivity contribution >= 4 is 35.5 Å². The summed E-state index contributed by atoms with van der Waals surface area (Å²) < 4.78 is 0. The van der Waals surface area contributed by atoms with Crippen molar-refractivity contribution < 1.29 is 24.3 Å². The van der Waals surface area contributed by atoms with Gasteiger partial charge in [-0.15, -0.1) is 0 Å². The number of amides is 3. The fraction of sp³-hybridized carbons (Fsp3) is 0.545. The SMILES string of the molecule is CSCCC(NC(=O)CNC(=O)C(N)Cc1ccccc1)C(=O)NC(CCCCN)C(=O)O. The Balaban J connectivity index is 2.59. The van der Waals surface area contributed by atoms with E-state index in [4.69, 9.17) is 11.5 Å². The van der Waals surface area contributed by atoms with Gasteiger partial charge in [0.15, 0.2) is 0 Å². The van der Waals surface area contributed by atoms with E-state index < -0.39 is 41.8 Å². The second-order valence-electron chi connectivity index (χ2n) is 7.60. The van der Waals surface area contributed by atoms with Crippen LogP contribution in [0.3, 0.4) is 0 Å². The third-order valence-electron chi connectivity index (χ3n) is 4.88. The van der Waals surface area contributed by atoms with Gasteiger partial charge in [0.05, 0.1) is 12.6 Å². The first-order valence-electron chi connectivity index (χ1n) is 10.9. The highest BCUT2D eigenvalue weighted by Crippen LogP contribution is 2.05. The van der Waals surface area contributed by atoms with Gasteiger partial charge in [-0.2, -0.15) is 11.8 Å². The summed E-state index contributed by atoms with van der Waals surface area (Å²) in [5.41, 5.74) is 12.2. The molecule has 184 valence electrons. The van der Waals surface area contributed by atoms with Crippen LogP contribution in [-0.4, -0.2) is 72.0 Å². The lowest BCUT2D eigenvalue weighted by Crippen LogP contribution is -2.54. The van der Waals surface area contributed by atoms with E-state index in [1.807, 2.05) is 36.6 Å². The summed E-state index contributed by atoms with van der Waals surface area (Å²) in [4.78, 5) is 48.7. The quantitative estimate of drug-likeness (QED) is 0.173. The van der Waals surface area contributed by atoms with Crippen molar-refractivity contribution in [1.82, 2.24) is 16.0 Å². The van der Waals surface area contributed by atoms with Crippen LogP contribution in [-0.2, 0) is 25.6 Å². The number of carboxylic acid groups (broad SMARTS) is 1. The van der Waals surface area contributed by atoms with Gasteiger partial charge in [0.25, 0.3) is 0 Å². The third kappa shape index (κ3) is 11.7. The Labute approximate surface area is 198 Å². The van der Waals surface area contributed by atoms with Gasteiger partial charge in [0.1, 0.15) is 12.1 Å². The minimum Gasteiger partial charge on any atom is -0.480 e. The van der Waals surface area contributed by atoms with E-state index in [2.05, 4.69) is 16.0 Å². The van der Waals surface area contributed by atoms with Crippen LogP contribution in [0, 0.1) is 0 Å². The van der Waals surface area contributed by atoms with Crippen molar-refractivity contribution in [3.8, 4) is 0 Å². The molecule has 0 aromatic heterocycles. The van der Waals surface area contributed by atoms with Gasteiger partial charge in [0.2, 0.25) is 17.7 Å². The lowest BCUT2D eigenvalue weighted by Gasteiger charge is -2.21. The molecule has 0 spiro atoms. The summed E-state index contributed by atoms with van der Waals surface area (Å²) >= 11 is 1.49. The summed E-state index contributed by atoms with van der Waals surface area (Å²) in [6.45, 7) is 0.0939. The Morgan fingerprint density at radius 1 is 1.00 bits per heavy atom. The maximum atomic E-state index is 12.7. The molecule has 33 heavy (non-hydrogen) atoms. The van der Waals surface area contributed by atoms with Crippen molar-refractivity contribution in [2.45, 2.75) is 50.2 Å². The molecule has 3 unspecified atom stereocenters. The lowest BCUT2D eigenvalue weighted by atomic mass is 10.1. The number of aliphatic carboxylic acids is 1. The van der Waals surface area contributed by atoms with Crippen LogP contribution in [0.25, 0.3) is 0 Å². The highest BCUT2D eigenvalue weighted by atomic mass is 32.2. The van der Waals surface area contributed by atoms with Crippen LogP contribution in [0.5, 0.6) is 0 Å². The van der Waals surface area contributed by atoms with E-state index in [1.165, 1.54) is 11.8 Å². The van der Waals surface area contributed by atoms with E-state index in [-0.39, 0.29) is 13.0 Å². The number of hydrogen-bond acceptors (Lipinski definition) is 7. The minimum atomic E-state index is -1.14. The molecular formula is C22H35N5O5S. The first kappa shape index (κ1) is 28.4. The number of nitrogens with one attached hydrogen (secondary N) is 3. The molecule has 1 aromatic carbocycles. The van der Waals surface area contributed by atoms with Crippen LogP contribution in [0.1, 0.15) is 31.2 Å². The summed E-state index contributed by atoms with van der Waals surface area (Å²) in [5.74, 6) is -2.19. The fourth-order valence-electron chi connectivity index (χ4n) is 3.03. The summed E-state index contributed by atoms with van der Waals surface area (Å²) in [5, 5.41) is 16.9. The number of rotatable bonds is 16. The number of hydrogen-bond donors (Lipinski definition) is 6. The van der Waals surface area contributed by atoms with Crippen LogP contribution in [0.4, 0.5) is 0 Å². The molecule has 0 saturated carbocycles. The van der Waals surface area contributed by atoms with Gasteiger partial charge in [-0.05, 0) is 56.2 Å². The number of carboxylic acids is 1. The Bertz CT molecular complexity index is 765. The number of thioether (sulfide) groups is 1. The summed E-state index contributed by atoms with van der Waals surface area (Å²) in [6, 6.07) is 6.47. The molecule has 0 saturated heterocycles. The smallest absolute Gasteiger partial charge is 0.326 e. The van der Waals surface area contributed by atoms with Crippen LogP contribution >= 0.6 is 11.8 Å². The summed E-state index contributed by atoms with van der Waals surface area (Å²) in [7, 11) is 0. The molecule has 11 heteroatoms. The average molecular weight is 482 g/mol. The predicted molar refractivity (Wildman–Crippen MR) is 129 cm³/mol. The number of nitrogens with two attached hydrogens (primary N) is 2. The normalized spacial score (nSPS) is 13.4. The number of carbonyl (C=O) groups is 4.